The predicted octanol–water partition coefficient (Wildman–Crippen LogP) is 4.10. The van der Waals surface area contributed by atoms with Crippen LogP contribution in [0.2, 0.25) is 0 Å². The lowest BCUT2D eigenvalue weighted by Gasteiger charge is -2.16. The molecule has 1 fully saturated rings. The lowest BCUT2D eigenvalue weighted by atomic mass is 10.1. The predicted molar refractivity (Wildman–Crippen MR) is 113 cm³/mol. The molecule has 0 radical (unpaired) electrons. The number of anilines is 1. The Labute approximate surface area is 173 Å². The average Bonchev–Trinajstić information content (AvgIpc) is 3.30. The zero-order chi connectivity index (χ0) is 20.2. The zero-order valence-electron chi connectivity index (χ0n) is 16.2. The van der Waals surface area contributed by atoms with Gasteiger partial charge in [-0.15, -0.1) is 0 Å². The summed E-state index contributed by atoms with van der Waals surface area (Å²) >= 11 is 1.31. The van der Waals surface area contributed by atoms with E-state index in [1.807, 2.05) is 60.4 Å². The van der Waals surface area contributed by atoms with Crippen molar-refractivity contribution in [3.8, 4) is 0 Å². The number of pyridine rings is 1. The number of carbonyl (C=O) groups excluding carboxylic acids is 2. The highest BCUT2D eigenvalue weighted by Crippen LogP contribution is 2.30. The Bertz CT molecular complexity index is 1000. The van der Waals surface area contributed by atoms with Gasteiger partial charge < -0.3 is 4.90 Å². The summed E-state index contributed by atoms with van der Waals surface area (Å²) in [6, 6.07) is 15.6. The first-order chi connectivity index (χ1) is 14.1. The second-order valence-electron chi connectivity index (χ2n) is 7.00. The molecule has 0 unspecified atom stereocenters. The van der Waals surface area contributed by atoms with Crippen molar-refractivity contribution in [1.29, 1.82) is 0 Å². The minimum atomic E-state index is -0.0601. The molecule has 0 atom stereocenters. The SMILES string of the molecule is Cc1nc(N2CCN(Cc3ccccc3)C2=O)sc1C(=O)CCc1ccccn1. The van der Waals surface area contributed by atoms with Crippen LogP contribution in [0, 0.1) is 6.92 Å². The molecule has 3 heterocycles. The molecule has 0 N–H and O–H groups in total. The van der Waals surface area contributed by atoms with E-state index in [4.69, 9.17) is 0 Å². The first kappa shape index (κ1) is 19.3. The van der Waals surface area contributed by atoms with Gasteiger partial charge in [-0.25, -0.2) is 9.78 Å². The van der Waals surface area contributed by atoms with Crippen molar-refractivity contribution >= 4 is 28.3 Å². The van der Waals surface area contributed by atoms with Gasteiger partial charge in [0, 0.05) is 37.9 Å². The Morgan fingerprint density at radius 1 is 1.10 bits per heavy atom. The molecule has 2 aromatic heterocycles. The van der Waals surface area contributed by atoms with Gasteiger partial charge in [0.15, 0.2) is 10.9 Å². The largest absolute Gasteiger partial charge is 0.326 e. The summed E-state index contributed by atoms with van der Waals surface area (Å²) in [7, 11) is 0. The van der Waals surface area contributed by atoms with E-state index >= 15 is 0 Å². The summed E-state index contributed by atoms with van der Waals surface area (Å²) < 4.78 is 0. The number of thiazole rings is 1. The van der Waals surface area contributed by atoms with Crippen molar-refractivity contribution in [2.45, 2.75) is 26.3 Å². The first-order valence-corrected chi connectivity index (χ1v) is 10.4. The van der Waals surface area contributed by atoms with Crippen LogP contribution in [0.4, 0.5) is 9.93 Å². The summed E-state index contributed by atoms with van der Waals surface area (Å²) in [6.45, 7) is 3.64. The van der Waals surface area contributed by atoms with Gasteiger partial charge >= 0.3 is 6.03 Å². The lowest BCUT2D eigenvalue weighted by Crippen LogP contribution is -2.31. The number of aromatic nitrogens is 2. The van der Waals surface area contributed by atoms with E-state index < -0.39 is 0 Å². The standard InChI is InChI=1S/C22H22N4O2S/c1-16-20(19(27)11-10-18-9-5-6-12-23-18)29-21(24-16)26-14-13-25(22(26)28)15-17-7-3-2-4-8-17/h2-9,12H,10-11,13-15H2,1H3. The maximum atomic E-state index is 12.8. The molecule has 29 heavy (non-hydrogen) atoms. The number of hydrogen-bond donors (Lipinski definition) is 0. The van der Waals surface area contributed by atoms with Crippen LogP contribution >= 0.6 is 11.3 Å². The van der Waals surface area contributed by atoms with E-state index in [1.54, 1.807) is 11.1 Å². The Balaban J connectivity index is 1.42. The highest BCUT2D eigenvalue weighted by molar-refractivity contribution is 7.17. The lowest BCUT2D eigenvalue weighted by molar-refractivity contribution is 0.0985. The maximum absolute atomic E-state index is 12.8. The Morgan fingerprint density at radius 3 is 2.66 bits per heavy atom. The van der Waals surface area contributed by atoms with E-state index in [0.29, 0.717) is 48.2 Å². The second-order valence-corrected chi connectivity index (χ2v) is 7.97. The molecule has 2 amide bonds. The molecule has 1 saturated heterocycles. The summed E-state index contributed by atoms with van der Waals surface area (Å²) in [5, 5.41) is 0.601. The summed E-state index contributed by atoms with van der Waals surface area (Å²) in [4.78, 5) is 38.4. The average molecular weight is 407 g/mol. The molecular weight excluding hydrogens is 384 g/mol. The smallest absolute Gasteiger partial charge is 0.318 e. The van der Waals surface area contributed by atoms with Crippen LogP contribution in [-0.2, 0) is 13.0 Å². The van der Waals surface area contributed by atoms with Crippen LogP contribution in [0.5, 0.6) is 0 Å². The molecule has 3 aromatic rings. The molecule has 6 nitrogen and oxygen atoms in total. The fourth-order valence-corrected chi connectivity index (χ4v) is 4.42. The number of benzene rings is 1. The monoisotopic (exact) mass is 406 g/mol. The van der Waals surface area contributed by atoms with Crippen molar-refractivity contribution < 1.29 is 9.59 Å². The number of amides is 2. The molecule has 1 aliphatic rings. The van der Waals surface area contributed by atoms with Gasteiger partial charge in [-0.3, -0.25) is 14.7 Å². The van der Waals surface area contributed by atoms with Crippen molar-refractivity contribution in [3.05, 3.63) is 76.6 Å². The van der Waals surface area contributed by atoms with Crippen LogP contribution < -0.4 is 4.90 Å². The summed E-state index contributed by atoms with van der Waals surface area (Å²) in [5.41, 5.74) is 2.68. The van der Waals surface area contributed by atoms with E-state index in [-0.39, 0.29) is 11.8 Å². The number of urea groups is 1. The Hall–Kier alpha value is -3.06. The molecule has 0 aliphatic carbocycles. The van der Waals surface area contributed by atoms with E-state index in [9.17, 15) is 9.59 Å². The molecule has 1 aliphatic heterocycles. The van der Waals surface area contributed by atoms with Crippen molar-refractivity contribution in [1.82, 2.24) is 14.9 Å². The van der Waals surface area contributed by atoms with E-state index in [0.717, 1.165) is 11.3 Å². The minimum absolute atomic E-state index is 0.0460. The van der Waals surface area contributed by atoms with Gasteiger partial charge in [0.2, 0.25) is 0 Å². The van der Waals surface area contributed by atoms with E-state index in [1.165, 1.54) is 11.3 Å². The fraction of sp³-hybridized carbons (Fsp3) is 0.273. The molecule has 0 saturated carbocycles. The van der Waals surface area contributed by atoms with Crippen LogP contribution in [0.3, 0.4) is 0 Å². The molecule has 1 aromatic carbocycles. The number of carbonyl (C=O) groups is 2. The number of Topliss-reactive ketones (excluding diaryl/α,β-unsaturated/α-hetero) is 1. The van der Waals surface area contributed by atoms with Gasteiger partial charge in [-0.2, -0.15) is 0 Å². The van der Waals surface area contributed by atoms with Gasteiger partial charge in [-0.1, -0.05) is 47.7 Å². The molecule has 0 spiro atoms. The van der Waals surface area contributed by atoms with E-state index in [2.05, 4.69) is 9.97 Å². The Kier molecular flexibility index (Phi) is 5.67. The van der Waals surface area contributed by atoms with Crippen LogP contribution in [0.25, 0.3) is 0 Å². The zero-order valence-corrected chi connectivity index (χ0v) is 17.1. The Morgan fingerprint density at radius 2 is 1.90 bits per heavy atom. The highest BCUT2D eigenvalue weighted by atomic mass is 32.1. The number of aryl methyl sites for hydroxylation is 2. The van der Waals surface area contributed by atoms with Crippen molar-refractivity contribution in [3.63, 3.8) is 0 Å². The topological polar surface area (TPSA) is 66.4 Å². The van der Waals surface area contributed by atoms with Gasteiger partial charge in [0.1, 0.15) is 0 Å². The molecule has 0 bridgehead atoms. The molecule has 148 valence electrons. The second kappa shape index (κ2) is 8.53. The number of ketones is 1. The molecule has 7 heteroatoms. The van der Waals surface area contributed by atoms with Gasteiger partial charge in [-0.05, 0) is 31.0 Å². The van der Waals surface area contributed by atoms with Crippen molar-refractivity contribution in [2.24, 2.45) is 0 Å². The minimum Gasteiger partial charge on any atom is -0.318 e. The van der Waals surface area contributed by atoms with Crippen molar-refractivity contribution in [2.75, 3.05) is 18.0 Å². The normalized spacial score (nSPS) is 13.9. The quantitative estimate of drug-likeness (QED) is 0.554. The van der Waals surface area contributed by atoms with Crippen LogP contribution in [-0.4, -0.2) is 39.8 Å². The molecular formula is C22H22N4O2S. The van der Waals surface area contributed by atoms with Gasteiger partial charge in [0.05, 0.1) is 10.6 Å². The highest BCUT2D eigenvalue weighted by Gasteiger charge is 2.32. The van der Waals surface area contributed by atoms with Gasteiger partial charge in [0.25, 0.3) is 0 Å². The third-order valence-corrected chi connectivity index (χ3v) is 6.14. The first-order valence-electron chi connectivity index (χ1n) is 9.63. The summed E-state index contributed by atoms with van der Waals surface area (Å²) in [6.07, 6.45) is 2.71. The fourth-order valence-electron chi connectivity index (χ4n) is 3.37. The number of nitrogens with zero attached hydrogens (tertiary/aromatic N) is 4. The van der Waals surface area contributed by atoms with Crippen LogP contribution in [0.15, 0.2) is 54.7 Å². The molecule has 4 rings (SSSR count). The van der Waals surface area contributed by atoms with Crippen LogP contribution in [0.1, 0.15) is 33.0 Å². The maximum Gasteiger partial charge on any atom is 0.326 e. The number of hydrogen-bond acceptors (Lipinski definition) is 5. The third kappa shape index (κ3) is 4.35. The summed E-state index contributed by atoms with van der Waals surface area (Å²) in [5.74, 6) is 0.0460. The third-order valence-electron chi connectivity index (χ3n) is 4.92. The number of rotatable bonds is 7.